The van der Waals surface area contributed by atoms with Crippen LogP contribution in [0.4, 0.5) is 0 Å². The smallest absolute Gasteiger partial charge is 0.110 e. The highest BCUT2D eigenvalue weighted by Crippen LogP contribution is 2.11. The van der Waals surface area contributed by atoms with Gasteiger partial charge in [-0.1, -0.05) is 24.3 Å². The summed E-state index contributed by atoms with van der Waals surface area (Å²) in [6, 6.07) is 8.55. The molecule has 1 aromatic carbocycles. The average Bonchev–Trinajstić information content (AvgIpc) is 2.79. The van der Waals surface area contributed by atoms with E-state index < -0.39 is 0 Å². The number of nitrogens with zero attached hydrogens (tertiary/aromatic N) is 2. The van der Waals surface area contributed by atoms with Crippen LogP contribution in [0.2, 0.25) is 0 Å². The largest absolute Gasteiger partial charge is 0.335 e. The molecule has 96 valence electrons. The fourth-order valence-electron chi connectivity index (χ4n) is 2.25. The molecule has 0 spiro atoms. The fraction of sp³-hybridized carbons (Fsp3) is 0.400. The summed E-state index contributed by atoms with van der Waals surface area (Å²) in [5, 5.41) is 0. The first-order valence-electron chi connectivity index (χ1n) is 6.50. The molecule has 3 heteroatoms. The fourth-order valence-corrected chi connectivity index (χ4v) is 2.25. The van der Waals surface area contributed by atoms with Gasteiger partial charge in [0.2, 0.25) is 0 Å². The van der Waals surface area contributed by atoms with E-state index in [1.165, 1.54) is 11.1 Å². The Labute approximate surface area is 109 Å². The van der Waals surface area contributed by atoms with Gasteiger partial charge in [0.15, 0.2) is 0 Å². The van der Waals surface area contributed by atoms with Crippen LogP contribution in [0.25, 0.3) is 0 Å². The summed E-state index contributed by atoms with van der Waals surface area (Å²) >= 11 is 0. The highest BCUT2D eigenvalue weighted by molar-refractivity contribution is 5.26. The lowest BCUT2D eigenvalue weighted by molar-refractivity contribution is 0.601. The number of aromatic nitrogens is 2. The molecule has 2 rings (SSSR count). The normalized spacial score (nSPS) is 12.6. The molecule has 1 unspecified atom stereocenters. The number of imidazole rings is 1. The van der Waals surface area contributed by atoms with E-state index in [1.54, 1.807) is 0 Å². The van der Waals surface area contributed by atoms with Gasteiger partial charge in [-0.3, -0.25) is 0 Å². The molecule has 0 fully saturated rings. The van der Waals surface area contributed by atoms with Crippen molar-refractivity contribution in [1.82, 2.24) is 9.55 Å². The van der Waals surface area contributed by atoms with E-state index in [9.17, 15) is 0 Å². The predicted molar refractivity (Wildman–Crippen MR) is 74.5 cm³/mol. The second-order valence-corrected chi connectivity index (χ2v) is 4.72. The summed E-state index contributed by atoms with van der Waals surface area (Å²) in [5.74, 6) is 1.08. The lowest BCUT2D eigenvalue weighted by Crippen LogP contribution is -2.27. The van der Waals surface area contributed by atoms with Gasteiger partial charge in [0.1, 0.15) is 5.82 Å². The molecular formula is C15H21N3. The number of nitrogens with two attached hydrogens (primary N) is 1. The first kappa shape index (κ1) is 12.8. The molecule has 2 aromatic rings. The van der Waals surface area contributed by atoms with E-state index in [1.807, 2.05) is 12.4 Å². The van der Waals surface area contributed by atoms with E-state index >= 15 is 0 Å². The van der Waals surface area contributed by atoms with Gasteiger partial charge in [0.05, 0.1) is 0 Å². The highest BCUT2D eigenvalue weighted by atomic mass is 15.1. The van der Waals surface area contributed by atoms with E-state index in [0.717, 1.165) is 25.2 Å². The Morgan fingerprint density at radius 3 is 2.78 bits per heavy atom. The second kappa shape index (κ2) is 5.83. The predicted octanol–water partition coefficient (Wildman–Crippen LogP) is 2.32. The summed E-state index contributed by atoms with van der Waals surface area (Å²) in [6.07, 6.45) is 5.59. The van der Waals surface area contributed by atoms with Crippen molar-refractivity contribution in [2.45, 2.75) is 39.3 Å². The van der Waals surface area contributed by atoms with Gasteiger partial charge in [-0.15, -0.1) is 0 Å². The molecular weight excluding hydrogens is 222 g/mol. The van der Waals surface area contributed by atoms with Crippen LogP contribution in [0, 0.1) is 6.92 Å². The van der Waals surface area contributed by atoms with Crippen molar-refractivity contribution in [3.05, 3.63) is 53.6 Å². The number of hydrogen-bond acceptors (Lipinski definition) is 2. The van der Waals surface area contributed by atoms with Crippen LogP contribution in [0.1, 0.15) is 23.9 Å². The summed E-state index contributed by atoms with van der Waals surface area (Å²) in [5.41, 5.74) is 8.88. The van der Waals surface area contributed by atoms with Crippen molar-refractivity contribution in [3.8, 4) is 0 Å². The molecule has 0 radical (unpaired) electrons. The van der Waals surface area contributed by atoms with Gasteiger partial charge in [0.25, 0.3) is 0 Å². The van der Waals surface area contributed by atoms with Crippen molar-refractivity contribution in [2.75, 3.05) is 0 Å². The van der Waals surface area contributed by atoms with Crippen LogP contribution in [-0.2, 0) is 19.4 Å². The highest BCUT2D eigenvalue weighted by Gasteiger charge is 2.10. The summed E-state index contributed by atoms with van der Waals surface area (Å²) < 4.78 is 2.15. The Hall–Kier alpha value is -1.61. The van der Waals surface area contributed by atoms with Crippen molar-refractivity contribution in [2.24, 2.45) is 5.73 Å². The molecule has 0 saturated heterocycles. The molecule has 0 aliphatic rings. The maximum Gasteiger partial charge on any atom is 0.110 e. The minimum atomic E-state index is 0.124. The average molecular weight is 243 g/mol. The van der Waals surface area contributed by atoms with E-state index in [4.69, 9.17) is 5.73 Å². The molecule has 1 aromatic heterocycles. The first-order chi connectivity index (χ1) is 8.70. The number of hydrogen-bond donors (Lipinski definition) is 1. The second-order valence-electron chi connectivity index (χ2n) is 4.72. The monoisotopic (exact) mass is 243 g/mol. The molecule has 0 saturated carbocycles. The number of aryl methyl sites for hydroxylation is 2. The van der Waals surface area contributed by atoms with Crippen molar-refractivity contribution in [3.63, 3.8) is 0 Å². The molecule has 1 heterocycles. The standard InChI is InChI=1S/C15H21N3/c1-3-18-9-8-17-15(18)11-14(16)10-13-7-5-4-6-12(13)2/h4-9,14H,3,10-11,16H2,1-2H3. The summed E-state index contributed by atoms with van der Waals surface area (Å²) in [7, 11) is 0. The third kappa shape index (κ3) is 2.99. The van der Waals surface area contributed by atoms with E-state index in [-0.39, 0.29) is 6.04 Å². The molecule has 2 N–H and O–H groups in total. The lowest BCUT2D eigenvalue weighted by atomic mass is 10.00. The third-order valence-corrected chi connectivity index (χ3v) is 3.33. The van der Waals surface area contributed by atoms with Crippen LogP contribution < -0.4 is 5.73 Å². The summed E-state index contributed by atoms with van der Waals surface area (Å²) in [4.78, 5) is 4.37. The maximum absolute atomic E-state index is 6.24. The van der Waals surface area contributed by atoms with Gasteiger partial charge in [-0.2, -0.15) is 0 Å². The zero-order valence-electron chi connectivity index (χ0n) is 11.1. The lowest BCUT2D eigenvalue weighted by Gasteiger charge is -2.14. The Bertz CT molecular complexity index is 502. The van der Waals surface area contributed by atoms with Crippen LogP contribution in [-0.4, -0.2) is 15.6 Å². The van der Waals surface area contributed by atoms with Gasteiger partial charge >= 0.3 is 0 Å². The Morgan fingerprint density at radius 1 is 1.28 bits per heavy atom. The SMILES string of the molecule is CCn1ccnc1CC(N)Cc1ccccc1C. The molecule has 18 heavy (non-hydrogen) atoms. The van der Waals surface area contributed by atoms with Crippen LogP contribution in [0.3, 0.4) is 0 Å². The van der Waals surface area contributed by atoms with Crippen molar-refractivity contribution < 1.29 is 0 Å². The third-order valence-electron chi connectivity index (χ3n) is 3.33. The molecule has 0 amide bonds. The van der Waals surface area contributed by atoms with E-state index in [2.05, 4.69) is 47.7 Å². The first-order valence-corrected chi connectivity index (χ1v) is 6.50. The number of rotatable bonds is 5. The maximum atomic E-state index is 6.24. The number of benzene rings is 1. The van der Waals surface area contributed by atoms with Crippen LogP contribution >= 0.6 is 0 Å². The van der Waals surface area contributed by atoms with E-state index in [0.29, 0.717) is 0 Å². The van der Waals surface area contributed by atoms with Crippen molar-refractivity contribution >= 4 is 0 Å². The Morgan fingerprint density at radius 2 is 2.06 bits per heavy atom. The minimum absolute atomic E-state index is 0.124. The quantitative estimate of drug-likeness (QED) is 0.876. The molecule has 0 bridgehead atoms. The topological polar surface area (TPSA) is 43.8 Å². The zero-order valence-corrected chi connectivity index (χ0v) is 11.1. The van der Waals surface area contributed by atoms with Gasteiger partial charge in [-0.05, 0) is 31.4 Å². The molecule has 3 nitrogen and oxygen atoms in total. The van der Waals surface area contributed by atoms with Crippen LogP contribution in [0.15, 0.2) is 36.7 Å². The zero-order chi connectivity index (χ0) is 13.0. The molecule has 0 aliphatic heterocycles. The van der Waals surface area contributed by atoms with Gasteiger partial charge in [0, 0.05) is 31.4 Å². The Balaban J connectivity index is 2.01. The van der Waals surface area contributed by atoms with Crippen LogP contribution in [0.5, 0.6) is 0 Å². The van der Waals surface area contributed by atoms with Gasteiger partial charge in [-0.25, -0.2) is 4.98 Å². The molecule has 1 atom stereocenters. The van der Waals surface area contributed by atoms with Gasteiger partial charge < -0.3 is 10.3 Å². The molecule has 0 aliphatic carbocycles. The minimum Gasteiger partial charge on any atom is -0.335 e. The Kier molecular flexibility index (Phi) is 4.15. The summed E-state index contributed by atoms with van der Waals surface area (Å²) in [6.45, 7) is 5.21. The van der Waals surface area contributed by atoms with Crippen molar-refractivity contribution in [1.29, 1.82) is 0 Å².